The Bertz CT molecular complexity index is 736. The number of carbonyl (C=O) groups is 3. The number of halogens is 3. The molecule has 2 amide bonds. The number of esters is 1. The average molecular weight is 400 g/mol. The van der Waals surface area contributed by atoms with E-state index >= 15 is 0 Å². The zero-order valence-electron chi connectivity index (χ0n) is 15.9. The number of nitrogens with one attached hydrogen (secondary N) is 1. The Morgan fingerprint density at radius 2 is 1.82 bits per heavy atom. The highest BCUT2D eigenvalue weighted by Crippen LogP contribution is 2.35. The van der Waals surface area contributed by atoms with Crippen LogP contribution in [0.25, 0.3) is 0 Å². The Balaban J connectivity index is 2.43. The summed E-state index contributed by atoms with van der Waals surface area (Å²) in [7, 11) is 0.832. The van der Waals surface area contributed by atoms with Gasteiger partial charge in [-0.15, -0.1) is 0 Å². The lowest BCUT2D eigenvalue weighted by Gasteiger charge is -2.41. The molecule has 1 fully saturated rings. The van der Waals surface area contributed by atoms with Crippen molar-refractivity contribution in [2.75, 3.05) is 13.7 Å². The van der Waals surface area contributed by atoms with Gasteiger partial charge < -0.3 is 15.0 Å². The first-order chi connectivity index (χ1) is 13.0. The largest absolute Gasteiger partial charge is 0.467 e. The van der Waals surface area contributed by atoms with Crippen LogP contribution >= 0.6 is 0 Å². The fourth-order valence-corrected chi connectivity index (χ4v) is 3.25. The number of hydrogen-bond donors (Lipinski definition) is 1. The highest BCUT2D eigenvalue weighted by molar-refractivity contribution is 5.94. The molecule has 1 N–H and O–H groups in total. The van der Waals surface area contributed by atoms with E-state index in [-0.39, 0.29) is 24.4 Å². The van der Waals surface area contributed by atoms with Gasteiger partial charge in [0.05, 0.1) is 7.11 Å². The molecule has 0 spiro atoms. The molecule has 2 rings (SSSR count). The topological polar surface area (TPSA) is 75.7 Å². The number of β-lactam (4-membered cyclic amide) rings is 1. The first-order valence-electron chi connectivity index (χ1n) is 8.84. The van der Waals surface area contributed by atoms with Crippen molar-refractivity contribution in [3.63, 3.8) is 0 Å². The summed E-state index contributed by atoms with van der Waals surface area (Å²) in [5, 5.41) is 1.89. The van der Waals surface area contributed by atoms with E-state index in [2.05, 4.69) is 4.74 Å². The first kappa shape index (κ1) is 21.7. The summed E-state index contributed by atoms with van der Waals surface area (Å²) < 4.78 is 46.7. The lowest BCUT2D eigenvalue weighted by atomic mass is 9.88. The Morgan fingerprint density at radius 3 is 2.21 bits per heavy atom. The quantitative estimate of drug-likeness (QED) is 0.562. The number of rotatable bonds is 7. The molecule has 0 aliphatic carbocycles. The minimum Gasteiger partial charge on any atom is -0.467 e. The van der Waals surface area contributed by atoms with Crippen molar-refractivity contribution in [3.05, 3.63) is 35.9 Å². The summed E-state index contributed by atoms with van der Waals surface area (Å²) in [5.41, 5.74) is -3.06. The second kappa shape index (κ2) is 8.20. The van der Waals surface area contributed by atoms with Gasteiger partial charge in [0.25, 0.3) is 0 Å². The normalized spacial score (nSPS) is 17.5. The minimum atomic E-state index is -5.12. The highest BCUT2D eigenvalue weighted by Gasteiger charge is 2.63. The smallest absolute Gasteiger partial charge is 0.422 e. The van der Waals surface area contributed by atoms with E-state index in [4.69, 9.17) is 0 Å². The van der Waals surface area contributed by atoms with E-state index in [1.165, 1.54) is 29.2 Å². The third kappa shape index (κ3) is 4.13. The first-order valence-corrected chi connectivity index (χ1v) is 8.84. The molecule has 6 nitrogen and oxygen atoms in total. The van der Waals surface area contributed by atoms with Gasteiger partial charge >= 0.3 is 12.1 Å². The molecule has 1 aromatic rings. The molecule has 2 unspecified atom stereocenters. The van der Waals surface area contributed by atoms with Gasteiger partial charge in [0.2, 0.25) is 17.4 Å². The van der Waals surface area contributed by atoms with Crippen LogP contribution in [0.2, 0.25) is 0 Å². The molecule has 2 atom stereocenters. The van der Waals surface area contributed by atoms with Crippen molar-refractivity contribution in [1.29, 1.82) is 0 Å². The minimum absolute atomic E-state index is 0.201. The lowest BCUT2D eigenvalue weighted by Crippen LogP contribution is -2.69. The summed E-state index contributed by atoms with van der Waals surface area (Å²) in [6.07, 6.45) is -5.71. The standard InChI is InChI=1S/C19H23F3N2O4/c1-12(2)15(24-10-9-14(24)25)16(26)23-18(17(27)28-3,19(20,21)22)11-13-7-5-4-6-8-13/h4-8,12,15H,9-11H2,1-3H3,(H,23,26). The average Bonchev–Trinajstić information content (AvgIpc) is 2.62. The Morgan fingerprint density at radius 1 is 1.21 bits per heavy atom. The molecule has 0 saturated carbocycles. The number of carbonyl (C=O) groups excluding carboxylic acids is 3. The maximum atomic E-state index is 14.1. The highest BCUT2D eigenvalue weighted by atomic mass is 19.4. The lowest BCUT2D eigenvalue weighted by molar-refractivity contribution is -0.213. The third-order valence-corrected chi connectivity index (χ3v) is 4.79. The molecular formula is C19H23F3N2O4. The predicted octanol–water partition coefficient (Wildman–Crippen LogP) is 2.08. The van der Waals surface area contributed by atoms with Crippen LogP contribution in [0.15, 0.2) is 30.3 Å². The van der Waals surface area contributed by atoms with Gasteiger partial charge in [-0.2, -0.15) is 13.2 Å². The van der Waals surface area contributed by atoms with Crippen molar-refractivity contribution >= 4 is 17.8 Å². The number of nitrogens with zero attached hydrogens (tertiary/aromatic N) is 1. The zero-order chi connectivity index (χ0) is 21.1. The van der Waals surface area contributed by atoms with Gasteiger partial charge in [-0.3, -0.25) is 9.59 Å². The summed E-state index contributed by atoms with van der Waals surface area (Å²) in [5.74, 6) is -3.41. The Labute approximate surface area is 161 Å². The zero-order valence-corrected chi connectivity index (χ0v) is 15.9. The second-order valence-electron chi connectivity index (χ2n) is 7.07. The molecule has 0 radical (unpaired) electrons. The van der Waals surface area contributed by atoms with Crippen molar-refractivity contribution in [3.8, 4) is 0 Å². The van der Waals surface area contributed by atoms with E-state index in [0.717, 1.165) is 7.11 Å². The molecule has 1 heterocycles. The van der Waals surface area contributed by atoms with Crippen molar-refractivity contribution in [2.24, 2.45) is 5.92 Å². The van der Waals surface area contributed by atoms with E-state index in [0.29, 0.717) is 0 Å². The van der Waals surface area contributed by atoms with E-state index in [9.17, 15) is 27.6 Å². The molecule has 1 aliphatic rings. The van der Waals surface area contributed by atoms with Gasteiger partial charge in [0.15, 0.2) is 0 Å². The number of amides is 2. The van der Waals surface area contributed by atoms with Gasteiger partial charge in [0.1, 0.15) is 6.04 Å². The van der Waals surface area contributed by atoms with E-state index in [1.807, 2.05) is 5.32 Å². The maximum absolute atomic E-state index is 14.1. The van der Waals surface area contributed by atoms with Gasteiger partial charge in [0, 0.05) is 19.4 Å². The molecule has 0 aromatic heterocycles. The Kier molecular flexibility index (Phi) is 6.36. The van der Waals surface area contributed by atoms with Crippen LogP contribution in [0.5, 0.6) is 0 Å². The number of ether oxygens (including phenoxy) is 1. The van der Waals surface area contributed by atoms with Crippen molar-refractivity contribution in [1.82, 2.24) is 10.2 Å². The molecule has 1 saturated heterocycles. The van der Waals surface area contributed by atoms with Gasteiger partial charge in [-0.25, -0.2) is 4.79 Å². The van der Waals surface area contributed by atoms with Crippen LogP contribution < -0.4 is 5.32 Å². The van der Waals surface area contributed by atoms with Crippen LogP contribution in [-0.2, 0) is 25.5 Å². The summed E-state index contributed by atoms with van der Waals surface area (Å²) in [6, 6.07) is 6.43. The van der Waals surface area contributed by atoms with E-state index in [1.54, 1.807) is 19.9 Å². The molecule has 1 aliphatic heterocycles. The molecule has 1 aromatic carbocycles. The molecule has 154 valence electrons. The summed E-state index contributed by atoms with van der Waals surface area (Å²) >= 11 is 0. The second-order valence-corrected chi connectivity index (χ2v) is 7.07. The molecule has 28 heavy (non-hydrogen) atoms. The van der Waals surface area contributed by atoms with Crippen LogP contribution in [0.1, 0.15) is 25.8 Å². The van der Waals surface area contributed by atoms with Crippen LogP contribution in [-0.4, -0.2) is 54.1 Å². The van der Waals surface area contributed by atoms with E-state index < -0.39 is 42.0 Å². The van der Waals surface area contributed by atoms with Crippen molar-refractivity contribution < 1.29 is 32.3 Å². The summed E-state index contributed by atoms with van der Waals surface area (Å²) in [4.78, 5) is 38.1. The van der Waals surface area contributed by atoms with Crippen LogP contribution in [0.4, 0.5) is 13.2 Å². The third-order valence-electron chi connectivity index (χ3n) is 4.79. The van der Waals surface area contributed by atoms with Crippen LogP contribution in [0.3, 0.4) is 0 Å². The Hall–Kier alpha value is -2.58. The monoisotopic (exact) mass is 400 g/mol. The van der Waals surface area contributed by atoms with Crippen molar-refractivity contribution in [2.45, 2.75) is 44.4 Å². The number of benzene rings is 1. The fourth-order valence-electron chi connectivity index (χ4n) is 3.25. The predicted molar refractivity (Wildman–Crippen MR) is 94.0 cm³/mol. The fraction of sp³-hybridized carbons (Fsp3) is 0.526. The maximum Gasteiger partial charge on any atom is 0.422 e. The number of methoxy groups -OCH3 is 1. The van der Waals surface area contributed by atoms with Crippen LogP contribution in [0, 0.1) is 5.92 Å². The number of alkyl halides is 3. The summed E-state index contributed by atoms with van der Waals surface area (Å²) in [6.45, 7) is 3.53. The molecule has 0 bridgehead atoms. The SMILES string of the molecule is COC(=O)C(Cc1ccccc1)(NC(=O)C(C(C)C)N1CCC1=O)C(F)(F)F. The number of likely N-dealkylation sites (tertiary alicyclic amines) is 1. The van der Waals surface area contributed by atoms with Gasteiger partial charge in [-0.1, -0.05) is 44.2 Å². The van der Waals surface area contributed by atoms with Gasteiger partial charge in [-0.05, 0) is 11.5 Å². The molecular weight excluding hydrogens is 377 g/mol. The number of hydrogen-bond acceptors (Lipinski definition) is 4. The molecule has 9 heteroatoms.